The molecule has 0 spiro atoms. The van der Waals surface area contributed by atoms with Gasteiger partial charge in [-0.1, -0.05) is 34.1 Å². The molecule has 0 heterocycles. The maximum atomic E-state index is 13.4. The van der Waals surface area contributed by atoms with E-state index >= 15 is 0 Å². The minimum absolute atomic E-state index is 0.239. The summed E-state index contributed by atoms with van der Waals surface area (Å²) in [5, 5.41) is 0. The molecular formula is C13H7BrF2O. The summed E-state index contributed by atoms with van der Waals surface area (Å²) in [5.74, 6) is -2.37. The van der Waals surface area contributed by atoms with Gasteiger partial charge in [-0.05, 0) is 24.3 Å². The molecule has 2 aromatic rings. The first-order valence-corrected chi connectivity index (χ1v) is 5.63. The van der Waals surface area contributed by atoms with Gasteiger partial charge >= 0.3 is 0 Å². The number of carbonyl (C=O) groups excluding carboxylic acids is 1. The molecule has 0 aliphatic heterocycles. The second kappa shape index (κ2) is 4.75. The molecule has 86 valence electrons. The summed E-state index contributed by atoms with van der Waals surface area (Å²) >= 11 is 3.20. The van der Waals surface area contributed by atoms with Crippen LogP contribution in [0, 0.1) is 11.6 Å². The van der Waals surface area contributed by atoms with Gasteiger partial charge in [0.25, 0.3) is 0 Å². The Kier molecular flexibility index (Phi) is 3.33. The Morgan fingerprint density at radius 3 is 2.18 bits per heavy atom. The Balaban J connectivity index is 2.51. The number of carbonyl (C=O) groups is 1. The normalized spacial score (nSPS) is 10.3. The molecule has 0 aromatic heterocycles. The van der Waals surface area contributed by atoms with Gasteiger partial charge in [0.15, 0.2) is 5.78 Å². The summed E-state index contributed by atoms with van der Waals surface area (Å²) in [4.78, 5) is 11.9. The minimum Gasteiger partial charge on any atom is -0.288 e. The zero-order valence-electron chi connectivity index (χ0n) is 8.58. The molecule has 2 aromatic carbocycles. The Morgan fingerprint density at radius 1 is 1.00 bits per heavy atom. The van der Waals surface area contributed by atoms with Crippen LogP contribution in [0.5, 0.6) is 0 Å². The first-order valence-electron chi connectivity index (χ1n) is 4.84. The molecule has 0 atom stereocenters. The van der Waals surface area contributed by atoms with Crippen LogP contribution in [0.15, 0.2) is 46.9 Å². The van der Waals surface area contributed by atoms with Crippen molar-refractivity contribution in [3.05, 3.63) is 69.7 Å². The summed E-state index contributed by atoms with van der Waals surface area (Å²) in [5.41, 5.74) is -0.283. The van der Waals surface area contributed by atoms with Gasteiger partial charge in [0.05, 0.1) is 5.56 Å². The lowest BCUT2D eigenvalue weighted by atomic mass is 10.0. The van der Waals surface area contributed by atoms with Crippen LogP contribution in [0.1, 0.15) is 15.9 Å². The van der Waals surface area contributed by atoms with Crippen LogP contribution in [-0.4, -0.2) is 5.78 Å². The lowest BCUT2D eigenvalue weighted by Gasteiger charge is -2.04. The number of hydrogen-bond donors (Lipinski definition) is 0. The van der Waals surface area contributed by atoms with Crippen molar-refractivity contribution in [1.82, 2.24) is 0 Å². The highest BCUT2D eigenvalue weighted by molar-refractivity contribution is 9.10. The molecule has 2 rings (SSSR count). The molecule has 0 fully saturated rings. The van der Waals surface area contributed by atoms with E-state index in [2.05, 4.69) is 15.9 Å². The van der Waals surface area contributed by atoms with Crippen LogP contribution in [0.4, 0.5) is 8.78 Å². The zero-order chi connectivity index (χ0) is 12.4. The molecule has 0 unspecified atom stereocenters. The van der Waals surface area contributed by atoms with Crippen LogP contribution >= 0.6 is 15.9 Å². The first kappa shape index (κ1) is 11.9. The summed E-state index contributed by atoms with van der Waals surface area (Å²) in [6.45, 7) is 0. The van der Waals surface area contributed by atoms with E-state index in [-0.39, 0.29) is 5.56 Å². The van der Waals surface area contributed by atoms with Gasteiger partial charge in [0.2, 0.25) is 0 Å². The molecule has 0 bridgehead atoms. The fraction of sp³-hybridized carbons (Fsp3) is 0. The minimum atomic E-state index is -0.852. The molecule has 0 amide bonds. The lowest BCUT2D eigenvalue weighted by Crippen LogP contribution is -2.07. The number of benzene rings is 2. The van der Waals surface area contributed by atoms with Crippen LogP contribution in [0.25, 0.3) is 0 Å². The van der Waals surface area contributed by atoms with E-state index in [1.54, 1.807) is 12.1 Å². The van der Waals surface area contributed by atoms with Gasteiger partial charge in [-0.15, -0.1) is 0 Å². The van der Waals surface area contributed by atoms with Gasteiger partial charge in [0, 0.05) is 10.0 Å². The fourth-order valence-corrected chi connectivity index (χ4v) is 1.89. The van der Waals surface area contributed by atoms with Gasteiger partial charge < -0.3 is 0 Å². The van der Waals surface area contributed by atoms with Crippen molar-refractivity contribution in [2.75, 3.05) is 0 Å². The number of rotatable bonds is 2. The summed E-state index contributed by atoms with van der Waals surface area (Å²) in [6, 6.07) is 9.75. The fourth-order valence-electron chi connectivity index (χ4n) is 1.49. The summed E-state index contributed by atoms with van der Waals surface area (Å²) in [6.07, 6.45) is 0. The molecular weight excluding hydrogens is 290 g/mol. The van der Waals surface area contributed by atoms with Gasteiger partial charge in [-0.2, -0.15) is 0 Å². The van der Waals surface area contributed by atoms with E-state index in [9.17, 15) is 13.6 Å². The topological polar surface area (TPSA) is 17.1 Å². The van der Waals surface area contributed by atoms with Crippen LogP contribution in [0.2, 0.25) is 0 Å². The summed E-state index contributed by atoms with van der Waals surface area (Å²) < 4.78 is 27.5. The van der Waals surface area contributed by atoms with E-state index < -0.39 is 23.0 Å². The molecule has 4 heteroatoms. The van der Waals surface area contributed by atoms with Crippen LogP contribution in [0.3, 0.4) is 0 Å². The third-order valence-electron chi connectivity index (χ3n) is 2.28. The standard InChI is InChI=1S/C13H7BrF2O/c14-9-4-1-3-8(7-9)13(17)12-10(15)5-2-6-11(12)16/h1-7H. The third-order valence-corrected chi connectivity index (χ3v) is 2.77. The zero-order valence-corrected chi connectivity index (χ0v) is 10.2. The molecule has 0 radical (unpaired) electrons. The smallest absolute Gasteiger partial charge is 0.198 e. The maximum absolute atomic E-state index is 13.4. The Hall–Kier alpha value is -1.55. The number of ketones is 1. The van der Waals surface area contributed by atoms with Crippen LogP contribution < -0.4 is 0 Å². The second-order valence-corrected chi connectivity index (χ2v) is 4.35. The Morgan fingerprint density at radius 2 is 1.59 bits per heavy atom. The van der Waals surface area contributed by atoms with Crippen molar-refractivity contribution in [3.8, 4) is 0 Å². The maximum Gasteiger partial charge on any atom is 0.198 e. The average Bonchev–Trinajstić information content (AvgIpc) is 2.28. The largest absolute Gasteiger partial charge is 0.288 e. The highest BCUT2D eigenvalue weighted by atomic mass is 79.9. The lowest BCUT2D eigenvalue weighted by molar-refractivity contribution is 0.103. The predicted octanol–water partition coefficient (Wildman–Crippen LogP) is 3.96. The number of hydrogen-bond acceptors (Lipinski definition) is 1. The highest BCUT2D eigenvalue weighted by Gasteiger charge is 2.18. The predicted molar refractivity (Wildman–Crippen MR) is 63.9 cm³/mol. The van der Waals surface area contributed by atoms with Crippen molar-refractivity contribution in [1.29, 1.82) is 0 Å². The van der Waals surface area contributed by atoms with Crippen molar-refractivity contribution >= 4 is 21.7 Å². The first-order chi connectivity index (χ1) is 8.09. The second-order valence-electron chi connectivity index (χ2n) is 3.44. The van der Waals surface area contributed by atoms with Crippen LogP contribution in [-0.2, 0) is 0 Å². The van der Waals surface area contributed by atoms with E-state index in [0.29, 0.717) is 4.47 Å². The molecule has 0 saturated carbocycles. The quantitative estimate of drug-likeness (QED) is 0.767. The SMILES string of the molecule is O=C(c1cccc(Br)c1)c1c(F)cccc1F. The molecule has 0 aliphatic carbocycles. The van der Waals surface area contributed by atoms with Crippen molar-refractivity contribution in [3.63, 3.8) is 0 Å². The van der Waals surface area contributed by atoms with E-state index in [1.807, 2.05) is 0 Å². The Bertz CT molecular complexity index is 561. The third kappa shape index (κ3) is 2.42. The Labute approximate surface area is 105 Å². The van der Waals surface area contributed by atoms with Gasteiger partial charge in [-0.25, -0.2) is 8.78 Å². The van der Waals surface area contributed by atoms with Crippen molar-refractivity contribution in [2.45, 2.75) is 0 Å². The van der Waals surface area contributed by atoms with Crippen molar-refractivity contribution in [2.24, 2.45) is 0 Å². The summed E-state index contributed by atoms with van der Waals surface area (Å²) in [7, 11) is 0. The molecule has 0 aliphatic rings. The average molecular weight is 297 g/mol. The molecule has 0 saturated heterocycles. The van der Waals surface area contributed by atoms with E-state index in [4.69, 9.17) is 0 Å². The number of halogens is 3. The van der Waals surface area contributed by atoms with E-state index in [0.717, 1.165) is 12.1 Å². The van der Waals surface area contributed by atoms with E-state index in [1.165, 1.54) is 18.2 Å². The molecule has 17 heavy (non-hydrogen) atoms. The molecule has 0 N–H and O–H groups in total. The highest BCUT2D eigenvalue weighted by Crippen LogP contribution is 2.19. The van der Waals surface area contributed by atoms with Crippen molar-refractivity contribution < 1.29 is 13.6 Å². The van der Waals surface area contributed by atoms with Gasteiger partial charge in [-0.3, -0.25) is 4.79 Å². The monoisotopic (exact) mass is 296 g/mol. The van der Waals surface area contributed by atoms with Gasteiger partial charge in [0.1, 0.15) is 11.6 Å². The molecule has 1 nitrogen and oxygen atoms in total.